The number of halogens is 1. The van der Waals surface area contributed by atoms with Gasteiger partial charge in [0.25, 0.3) is 5.91 Å². The smallest absolute Gasteiger partial charge is 0.267 e. The number of methoxy groups -OCH3 is 1. The van der Waals surface area contributed by atoms with Gasteiger partial charge in [0, 0.05) is 11.4 Å². The number of pyridine rings is 1. The van der Waals surface area contributed by atoms with Gasteiger partial charge in [0.05, 0.1) is 18.8 Å². The minimum atomic E-state index is -0.170. The Balaban J connectivity index is 2.44. The van der Waals surface area contributed by atoms with Crippen molar-refractivity contribution in [3.63, 3.8) is 0 Å². The Hall–Kier alpha value is -1.75. The number of ether oxygens (including phenoxy) is 1. The van der Waals surface area contributed by atoms with Gasteiger partial charge < -0.3 is 15.0 Å². The number of amides is 1. The standard InChI is InChI=1S/C12H14ClN3O2/c1-6(2)15-11(17)8-4-7-9(16-8)5-14-12(18-3)10(7)13/h4-6,16H,1-3H3,(H,15,17). The Kier molecular flexibility index (Phi) is 3.43. The molecule has 0 atom stereocenters. The largest absolute Gasteiger partial charge is 0.480 e. The van der Waals surface area contributed by atoms with Gasteiger partial charge in [-0.3, -0.25) is 4.79 Å². The van der Waals surface area contributed by atoms with E-state index in [9.17, 15) is 4.79 Å². The van der Waals surface area contributed by atoms with Crippen molar-refractivity contribution in [2.45, 2.75) is 19.9 Å². The van der Waals surface area contributed by atoms with Crippen LogP contribution in [0.4, 0.5) is 0 Å². The minimum absolute atomic E-state index is 0.0760. The molecule has 0 bridgehead atoms. The molecule has 18 heavy (non-hydrogen) atoms. The molecule has 2 rings (SSSR count). The summed E-state index contributed by atoms with van der Waals surface area (Å²) in [6.45, 7) is 3.80. The zero-order valence-electron chi connectivity index (χ0n) is 10.4. The number of fused-ring (bicyclic) bond motifs is 1. The van der Waals surface area contributed by atoms with E-state index in [2.05, 4.69) is 15.3 Å². The van der Waals surface area contributed by atoms with Gasteiger partial charge in [-0.25, -0.2) is 4.98 Å². The number of carbonyl (C=O) groups is 1. The monoisotopic (exact) mass is 267 g/mol. The summed E-state index contributed by atoms with van der Waals surface area (Å²) in [5.74, 6) is 0.176. The number of nitrogens with zero attached hydrogens (tertiary/aromatic N) is 1. The third kappa shape index (κ3) is 2.26. The SMILES string of the molecule is COc1ncc2[nH]c(C(=O)NC(C)C)cc2c1Cl. The highest BCUT2D eigenvalue weighted by Crippen LogP contribution is 2.30. The number of aromatic nitrogens is 2. The van der Waals surface area contributed by atoms with Crippen LogP contribution in [0.3, 0.4) is 0 Å². The second-order valence-electron chi connectivity index (χ2n) is 4.22. The first-order chi connectivity index (χ1) is 8.52. The average Bonchev–Trinajstić information content (AvgIpc) is 2.73. The van der Waals surface area contributed by atoms with Gasteiger partial charge in [0.1, 0.15) is 10.7 Å². The maximum absolute atomic E-state index is 11.9. The highest BCUT2D eigenvalue weighted by Gasteiger charge is 2.14. The zero-order chi connectivity index (χ0) is 13.3. The van der Waals surface area contributed by atoms with Gasteiger partial charge in [-0.2, -0.15) is 0 Å². The summed E-state index contributed by atoms with van der Waals surface area (Å²) in [7, 11) is 1.50. The number of nitrogens with one attached hydrogen (secondary N) is 2. The lowest BCUT2D eigenvalue weighted by atomic mass is 10.3. The zero-order valence-corrected chi connectivity index (χ0v) is 11.1. The van der Waals surface area contributed by atoms with Crippen molar-refractivity contribution in [1.29, 1.82) is 0 Å². The lowest BCUT2D eigenvalue weighted by molar-refractivity contribution is 0.0939. The number of H-pyrrole nitrogens is 1. The number of hydrogen-bond acceptors (Lipinski definition) is 3. The first kappa shape index (κ1) is 12.7. The van der Waals surface area contributed by atoms with Crippen molar-refractivity contribution in [2.75, 3.05) is 7.11 Å². The molecule has 0 spiro atoms. The van der Waals surface area contributed by atoms with Gasteiger partial charge >= 0.3 is 0 Å². The number of rotatable bonds is 3. The summed E-state index contributed by atoms with van der Waals surface area (Å²) in [5, 5.41) is 3.92. The lowest BCUT2D eigenvalue weighted by Gasteiger charge is -2.05. The average molecular weight is 268 g/mol. The van der Waals surface area contributed by atoms with Crippen LogP contribution in [0.1, 0.15) is 24.3 Å². The van der Waals surface area contributed by atoms with E-state index < -0.39 is 0 Å². The van der Waals surface area contributed by atoms with E-state index in [0.717, 1.165) is 5.39 Å². The summed E-state index contributed by atoms with van der Waals surface area (Å²) < 4.78 is 5.03. The van der Waals surface area contributed by atoms with Crippen LogP contribution < -0.4 is 10.1 Å². The Morgan fingerprint density at radius 1 is 1.56 bits per heavy atom. The van der Waals surface area contributed by atoms with Gasteiger partial charge in [0.2, 0.25) is 5.88 Å². The molecule has 1 amide bonds. The number of aromatic amines is 1. The molecule has 0 radical (unpaired) electrons. The fourth-order valence-electron chi connectivity index (χ4n) is 1.65. The molecule has 5 nitrogen and oxygen atoms in total. The van der Waals surface area contributed by atoms with Crippen molar-refractivity contribution in [1.82, 2.24) is 15.3 Å². The van der Waals surface area contributed by atoms with Gasteiger partial charge in [-0.1, -0.05) is 11.6 Å². The van der Waals surface area contributed by atoms with Gasteiger partial charge in [0.15, 0.2) is 0 Å². The molecule has 0 saturated heterocycles. The van der Waals surface area contributed by atoms with E-state index in [1.165, 1.54) is 7.11 Å². The third-order valence-corrected chi connectivity index (χ3v) is 2.81. The topological polar surface area (TPSA) is 67.0 Å². The fraction of sp³-hybridized carbons (Fsp3) is 0.333. The second-order valence-corrected chi connectivity index (χ2v) is 4.60. The summed E-state index contributed by atoms with van der Waals surface area (Å²) >= 11 is 6.13. The normalized spacial score (nSPS) is 10.9. The van der Waals surface area contributed by atoms with Crippen LogP contribution in [-0.2, 0) is 0 Å². The van der Waals surface area contributed by atoms with E-state index >= 15 is 0 Å². The van der Waals surface area contributed by atoms with Crippen LogP contribution in [0.5, 0.6) is 5.88 Å². The molecule has 0 unspecified atom stereocenters. The molecule has 0 saturated carbocycles. The van der Waals surface area contributed by atoms with E-state index in [4.69, 9.17) is 16.3 Å². The Labute approximate surface area is 109 Å². The van der Waals surface area contributed by atoms with Crippen molar-refractivity contribution in [3.8, 4) is 5.88 Å². The molecule has 0 aromatic carbocycles. The summed E-state index contributed by atoms with van der Waals surface area (Å²) in [6, 6.07) is 1.77. The van der Waals surface area contributed by atoms with Crippen LogP contribution >= 0.6 is 11.6 Å². The minimum Gasteiger partial charge on any atom is -0.480 e. The molecule has 2 aromatic rings. The Morgan fingerprint density at radius 2 is 2.28 bits per heavy atom. The van der Waals surface area contributed by atoms with E-state index in [1.54, 1.807) is 12.3 Å². The van der Waals surface area contributed by atoms with Crippen LogP contribution in [0.2, 0.25) is 5.02 Å². The quantitative estimate of drug-likeness (QED) is 0.897. The molecule has 6 heteroatoms. The maximum Gasteiger partial charge on any atom is 0.267 e. The predicted octanol–water partition coefficient (Wildman–Crippen LogP) is 2.36. The third-order valence-electron chi connectivity index (χ3n) is 2.44. The molecule has 0 aliphatic carbocycles. The Bertz CT molecular complexity index is 592. The molecule has 2 heterocycles. The van der Waals surface area contributed by atoms with Crippen LogP contribution in [-0.4, -0.2) is 29.0 Å². The molecule has 0 fully saturated rings. The summed E-state index contributed by atoms with van der Waals surface area (Å²) in [6.07, 6.45) is 1.59. The van der Waals surface area contributed by atoms with E-state index in [0.29, 0.717) is 22.1 Å². The highest BCUT2D eigenvalue weighted by molar-refractivity contribution is 6.36. The van der Waals surface area contributed by atoms with Crippen molar-refractivity contribution >= 4 is 28.4 Å². The van der Waals surface area contributed by atoms with Crippen molar-refractivity contribution in [2.24, 2.45) is 0 Å². The molecule has 2 N–H and O–H groups in total. The first-order valence-electron chi connectivity index (χ1n) is 5.55. The molecular formula is C12H14ClN3O2. The van der Waals surface area contributed by atoms with Crippen molar-refractivity contribution in [3.05, 3.63) is 23.0 Å². The van der Waals surface area contributed by atoms with Crippen LogP contribution in [0.25, 0.3) is 10.9 Å². The van der Waals surface area contributed by atoms with E-state index in [-0.39, 0.29) is 11.9 Å². The molecule has 2 aromatic heterocycles. The summed E-state index contributed by atoms with van der Waals surface area (Å²) in [5.41, 5.74) is 1.16. The van der Waals surface area contributed by atoms with Crippen LogP contribution in [0, 0.1) is 0 Å². The van der Waals surface area contributed by atoms with E-state index in [1.807, 2.05) is 13.8 Å². The number of carbonyl (C=O) groups excluding carboxylic acids is 1. The number of hydrogen-bond donors (Lipinski definition) is 2. The Morgan fingerprint density at radius 3 is 2.89 bits per heavy atom. The first-order valence-corrected chi connectivity index (χ1v) is 5.92. The summed E-state index contributed by atoms with van der Waals surface area (Å²) in [4.78, 5) is 18.9. The van der Waals surface area contributed by atoms with Crippen LogP contribution in [0.15, 0.2) is 12.3 Å². The highest BCUT2D eigenvalue weighted by atomic mass is 35.5. The predicted molar refractivity (Wildman–Crippen MR) is 70.3 cm³/mol. The maximum atomic E-state index is 11.9. The molecular weight excluding hydrogens is 254 g/mol. The second kappa shape index (κ2) is 4.86. The molecule has 96 valence electrons. The van der Waals surface area contributed by atoms with Gasteiger partial charge in [-0.05, 0) is 19.9 Å². The van der Waals surface area contributed by atoms with Crippen molar-refractivity contribution < 1.29 is 9.53 Å². The lowest BCUT2D eigenvalue weighted by Crippen LogP contribution is -2.30. The molecule has 0 aliphatic heterocycles. The van der Waals surface area contributed by atoms with Gasteiger partial charge in [-0.15, -0.1) is 0 Å². The molecule has 0 aliphatic rings. The fourth-order valence-corrected chi connectivity index (χ4v) is 1.94.